The Hall–Kier alpha value is -0.860. The zero-order chi connectivity index (χ0) is 15.4. The van der Waals surface area contributed by atoms with Crippen LogP contribution in [0, 0.1) is 0 Å². The third-order valence-electron chi connectivity index (χ3n) is 3.89. The second-order valence-corrected chi connectivity index (χ2v) is 5.95. The second kappa shape index (κ2) is 10.8. The fourth-order valence-electron chi connectivity index (χ4n) is 2.61. The first-order valence-electron chi connectivity index (χ1n) is 8.58. The largest absolute Gasteiger partial charge is 0.342 e. The Morgan fingerprint density at radius 2 is 1.52 bits per heavy atom. The summed E-state index contributed by atoms with van der Waals surface area (Å²) in [5, 5.41) is 12.7. The smallest absolute Gasteiger partial charge is 0.202 e. The first-order valence-corrected chi connectivity index (χ1v) is 8.58. The molecule has 1 aromatic carbocycles. The van der Waals surface area contributed by atoms with E-state index < -0.39 is 5.79 Å². The van der Waals surface area contributed by atoms with Crippen LogP contribution in [0.1, 0.15) is 77.2 Å². The van der Waals surface area contributed by atoms with Crippen LogP contribution in [0.4, 0.5) is 0 Å². The van der Waals surface area contributed by atoms with Crippen molar-refractivity contribution in [1.29, 1.82) is 0 Å². The first-order chi connectivity index (χ1) is 10.2. The Labute approximate surface area is 130 Å². The summed E-state index contributed by atoms with van der Waals surface area (Å²) in [7, 11) is 0. The molecule has 0 amide bonds. The molecule has 2 nitrogen and oxygen atoms in total. The van der Waals surface area contributed by atoms with Crippen LogP contribution in [0.5, 0.6) is 0 Å². The van der Waals surface area contributed by atoms with Gasteiger partial charge in [-0.1, -0.05) is 82.7 Å². The molecule has 0 aliphatic rings. The van der Waals surface area contributed by atoms with Crippen molar-refractivity contribution in [2.75, 3.05) is 0 Å². The molecule has 1 unspecified atom stereocenters. The van der Waals surface area contributed by atoms with Gasteiger partial charge in [0, 0.05) is 12.8 Å². The van der Waals surface area contributed by atoms with Crippen molar-refractivity contribution in [3.05, 3.63) is 35.9 Å². The monoisotopic (exact) mass is 291 g/mol. The van der Waals surface area contributed by atoms with Crippen LogP contribution in [-0.4, -0.2) is 5.79 Å². The van der Waals surface area contributed by atoms with E-state index in [4.69, 9.17) is 4.74 Å². The summed E-state index contributed by atoms with van der Waals surface area (Å²) in [5.41, 5.74) is 1.08. The van der Waals surface area contributed by atoms with Crippen molar-refractivity contribution >= 4 is 0 Å². The van der Waals surface area contributed by atoms with Crippen LogP contribution in [0.25, 0.3) is 0 Å². The highest BCUT2D eigenvalue weighted by molar-refractivity contribution is 5.13. The number of ether oxygens (including phenoxy) is 1. The van der Waals surface area contributed by atoms with E-state index in [-0.39, 0.29) is 0 Å². The van der Waals surface area contributed by atoms with Crippen LogP contribution in [0.15, 0.2) is 30.3 Å². The molecule has 1 atom stereocenters. The number of hydrogen-bond acceptors (Lipinski definition) is 1. The summed E-state index contributed by atoms with van der Waals surface area (Å²) >= 11 is 0. The van der Waals surface area contributed by atoms with Crippen LogP contribution < -0.4 is 0 Å². The number of hydrogen-bond donors (Lipinski definition) is 0. The van der Waals surface area contributed by atoms with E-state index in [0.29, 0.717) is 19.4 Å². The fraction of sp³-hybridized carbons (Fsp3) is 0.684. The lowest BCUT2D eigenvalue weighted by Gasteiger charge is -2.25. The lowest BCUT2D eigenvalue weighted by molar-refractivity contribution is -0.255. The molecule has 0 fully saturated rings. The maximum Gasteiger partial charge on any atom is 0.202 e. The lowest BCUT2D eigenvalue weighted by Crippen LogP contribution is -2.30. The summed E-state index contributed by atoms with van der Waals surface area (Å²) in [6.07, 6.45) is 9.38. The zero-order valence-electron chi connectivity index (χ0n) is 13.8. The number of benzene rings is 1. The van der Waals surface area contributed by atoms with Crippen molar-refractivity contribution in [1.82, 2.24) is 0 Å². The third-order valence-corrected chi connectivity index (χ3v) is 3.89. The highest BCUT2D eigenvalue weighted by atomic mass is 16.6. The molecule has 0 aliphatic carbocycles. The topological polar surface area (TPSA) is 29.1 Å². The summed E-state index contributed by atoms with van der Waals surface area (Å²) in [4.78, 5) is 0. The van der Waals surface area contributed by atoms with E-state index in [2.05, 4.69) is 13.8 Å². The van der Waals surface area contributed by atoms with Crippen LogP contribution in [0.2, 0.25) is 0 Å². The van der Waals surface area contributed by atoms with Crippen molar-refractivity contribution in [3.8, 4) is 0 Å². The Kier molecular flexibility index (Phi) is 9.36. The molecule has 0 saturated heterocycles. The molecule has 21 heavy (non-hydrogen) atoms. The molecule has 1 radical (unpaired) electrons. The predicted molar refractivity (Wildman–Crippen MR) is 87.5 cm³/mol. The number of unbranched alkanes of at least 4 members (excludes halogenated alkanes) is 5. The molecule has 0 saturated carbocycles. The molecule has 0 N–H and O–H groups in total. The lowest BCUT2D eigenvalue weighted by atomic mass is 10.0. The quantitative estimate of drug-likeness (QED) is 0.349. The van der Waals surface area contributed by atoms with Crippen LogP contribution >= 0.6 is 0 Å². The molecule has 2 heteroatoms. The van der Waals surface area contributed by atoms with Gasteiger partial charge >= 0.3 is 0 Å². The Bertz CT molecular complexity index is 350. The minimum absolute atomic E-state index is 0.431. The average molecular weight is 291 g/mol. The SMILES string of the molecule is CCCCCCCCC([O])(CCC)OCc1ccccc1. The van der Waals surface area contributed by atoms with Gasteiger partial charge in [0.05, 0.1) is 6.61 Å². The van der Waals surface area contributed by atoms with Gasteiger partial charge in [-0.05, 0) is 12.0 Å². The molecular formula is C19H31O2. The standard InChI is InChI=1S/C19H31O2/c1-3-5-6-7-8-12-16-19(20,15-4-2)21-17-18-13-10-9-11-14-18/h9-11,13-14H,3-8,12,15-17H2,1-2H3. The first kappa shape index (κ1) is 18.2. The molecule has 1 aromatic rings. The van der Waals surface area contributed by atoms with Crippen molar-refractivity contribution in [2.45, 2.75) is 84.0 Å². The molecule has 0 aliphatic heterocycles. The van der Waals surface area contributed by atoms with Gasteiger partial charge in [-0.3, -0.25) is 0 Å². The maximum absolute atomic E-state index is 12.7. The maximum atomic E-state index is 12.7. The molecule has 0 bridgehead atoms. The summed E-state index contributed by atoms with van der Waals surface area (Å²) in [6, 6.07) is 9.97. The zero-order valence-corrected chi connectivity index (χ0v) is 13.8. The minimum atomic E-state index is -1.20. The molecule has 0 spiro atoms. The van der Waals surface area contributed by atoms with Crippen molar-refractivity contribution in [2.24, 2.45) is 0 Å². The van der Waals surface area contributed by atoms with Gasteiger partial charge in [-0.25, -0.2) is 0 Å². The molecule has 0 heterocycles. The van der Waals surface area contributed by atoms with Crippen LogP contribution in [-0.2, 0) is 16.5 Å². The van der Waals surface area contributed by atoms with Crippen molar-refractivity contribution < 1.29 is 9.84 Å². The molecule has 119 valence electrons. The van der Waals surface area contributed by atoms with E-state index in [1.807, 2.05) is 30.3 Å². The van der Waals surface area contributed by atoms with Gasteiger partial charge < -0.3 is 4.74 Å². The van der Waals surface area contributed by atoms with Gasteiger partial charge in [0.25, 0.3) is 0 Å². The molecule has 0 aromatic heterocycles. The van der Waals surface area contributed by atoms with Gasteiger partial charge in [-0.15, -0.1) is 0 Å². The van der Waals surface area contributed by atoms with E-state index in [9.17, 15) is 5.11 Å². The van der Waals surface area contributed by atoms with Crippen LogP contribution in [0.3, 0.4) is 0 Å². The minimum Gasteiger partial charge on any atom is -0.342 e. The highest BCUT2D eigenvalue weighted by Gasteiger charge is 2.28. The summed E-state index contributed by atoms with van der Waals surface area (Å²) in [6.45, 7) is 4.71. The Morgan fingerprint density at radius 3 is 2.19 bits per heavy atom. The second-order valence-electron chi connectivity index (χ2n) is 5.95. The van der Waals surface area contributed by atoms with Gasteiger partial charge in [0.1, 0.15) is 0 Å². The van der Waals surface area contributed by atoms with Gasteiger partial charge in [0.15, 0.2) is 0 Å². The summed E-state index contributed by atoms with van der Waals surface area (Å²) < 4.78 is 5.73. The van der Waals surface area contributed by atoms with E-state index >= 15 is 0 Å². The Balaban J connectivity index is 2.31. The summed E-state index contributed by atoms with van der Waals surface area (Å²) in [5.74, 6) is -1.20. The number of rotatable bonds is 12. The normalized spacial score (nSPS) is 14.0. The van der Waals surface area contributed by atoms with E-state index in [1.54, 1.807) is 0 Å². The van der Waals surface area contributed by atoms with E-state index in [0.717, 1.165) is 24.8 Å². The Morgan fingerprint density at radius 1 is 0.857 bits per heavy atom. The third kappa shape index (κ3) is 8.23. The van der Waals surface area contributed by atoms with E-state index in [1.165, 1.54) is 25.7 Å². The predicted octanol–water partition coefficient (Wildman–Crippen LogP) is 5.88. The molecular weight excluding hydrogens is 260 g/mol. The van der Waals surface area contributed by atoms with Gasteiger partial charge in [-0.2, -0.15) is 5.11 Å². The highest BCUT2D eigenvalue weighted by Crippen LogP contribution is 2.25. The van der Waals surface area contributed by atoms with Crippen molar-refractivity contribution in [3.63, 3.8) is 0 Å². The average Bonchev–Trinajstić information content (AvgIpc) is 2.50. The van der Waals surface area contributed by atoms with Gasteiger partial charge in [0.2, 0.25) is 5.79 Å². The fourth-order valence-corrected chi connectivity index (χ4v) is 2.61. The molecule has 1 rings (SSSR count).